The fourth-order valence-electron chi connectivity index (χ4n) is 9.97. The molecule has 2 nitrogen and oxygen atoms in total. The van der Waals surface area contributed by atoms with Gasteiger partial charge in [-0.2, -0.15) is 0 Å². The Balaban J connectivity index is 0.997. The first-order valence-electron chi connectivity index (χ1n) is 20.9. The summed E-state index contributed by atoms with van der Waals surface area (Å²) in [5.41, 5.74) is 10.7. The molecule has 13 aromatic rings. The van der Waals surface area contributed by atoms with Gasteiger partial charge in [0, 0.05) is 59.8 Å². The molecule has 13 rings (SSSR count). The summed E-state index contributed by atoms with van der Waals surface area (Å²) in [5.74, 6) is 0. The Labute approximate surface area is 356 Å². The highest BCUT2D eigenvalue weighted by Gasteiger charge is 2.21. The fraction of sp³-hybridized carbons (Fsp3) is 0. The predicted molar refractivity (Wildman–Crippen MR) is 263 cm³/mol. The van der Waals surface area contributed by atoms with E-state index in [0.717, 1.165) is 17.1 Å². The second-order valence-electron chi connectivity index (χ2n) is 16.1. The molecule has 3 heterocycles. The molecule has 0 aliphatic rings. The first-order chi connectivity index (χ1) is 30.2. The first-order valence-corrected chi connectivity index (χ1v) is 21.7. The van der Waals surface area contributed by atoms with Gasteiger partial charge >= 0.3 is 0 Å². The number of hydrogen-bond donors (Lipinski definition) is 0. The lowest BCUT2D eigenvalue weighted by Gasteiger charge is -2.26. The van der Waals surface area contributed by atoms with E-state index in [1.54, 1.807) is 0 Å². The van der Waals surface area contributed by atoms with Crippen LogP contribution in [0.1, 0.15) is 0 Å². The lowest BCUT2D eigenvalue weighted by Crippen LogP contribution is -2.09. The summed E-state index contributed by atoms with van der Waals surface area (Å²) in [6.45, 7) is 0. The Hall–Kier alpha value is -7.72. The summed E-state index contributed by atoms with van der Waals surface area (Å²) in [4.78, 5) is 2.42. The van der Waals surface area contributed by atoms with Crippen LogP contribution in [0, 0.1) is 0 Å². The number of fused-ring (bicyclic) bond motifs is 14. The molecule has 0 atom stereocenters. The van der Waals surface area contributed by atoms with Crippen LogP contribution in [0.15, 0.2) is 219 Å². The highest BCUT2D eigenvalue weighted by molar-refractivity contribution is 7.25. The smallest absolute Gasteiger partial charge is 0.0620 e. The van der Waals surface area contributed by atoms with Crippen molar-refractivity contribution in [1.82, 2.24) is 4.40 Å². The minimum atomic E-state index is 1.11. The van der Waals surface area contributed by atoms with Crippen LogP contribution in [-0.4, -0.2) is 4.40 Å². The molecule has 0 saturated carbocycles. The minimum absolute atomic E-state index is 1.11. The molecule has 10 aromatic carbocycles. The Kier molecular flexibility index (Phi) is 7.51. The molecule has 0 spiro atoms. The Morgan fingerprint density at radius 2 is 0.967 bits per heavy atom. The van der Waals surface area contributed by atoms with Crippen molar-refractivity contribution in [2.45, 2.75) is 0 Å². The van der Waals surface area contributed by atoms with Crippen LogP contribution in [0.4, 0.5) is 17.1 Å². The molecular formula is C58H36N2S. The van der Waals surface area contributed by atoms with Crippen LogP contribution in [0.2, 0.25) is 0 Å². The normalized spacial score (nSPS) is 11.9. The van der Waals surface area contributed by atoms with Crippen molar-refractivity contribution in [2.75, 3.05) is 4.90 Å². The molecule has 0 aliphatic heterocycles. The van der Waals surface area contributed by atoms with Gasteiger partial charge < -0.3 is 9.30 Å². The zero-order valence-corrected chi connectivity index (χ0v) is 33.9. The van der Waals surface area contributed by atoms with Crippen LogP contribution < -0.4 is 4.90 Å². The second kappa shape index (κ2) is 13.4. The van der Waals surface area contributed by atoms with Gasteiger partial charge in [-0.25, -0.2) is 0 Å². The van der Waals surface area contributed by atoms with Crippen molar-refractivity contribution >= 4 is 108 Å². The Morgan fingerprint density at radius 1 is 0.344 bits per heavy atom. The number of hydrogen-bond acceptors (Lipinski definition) is 2. The van der Waals surface area contributed by atoms with E-state index in [1.165, 1.54) is 102 Å². The van der Waals surface area contributed by atoms with Crippen LogP contribution in [-0.2, 0) is 0 Å². The van der Waals surface area contributed by atoms with Gasteiger partial charge in [-0.15, -0.1) is 11.3 Å². The molecule has 284 valence electrons. The number of pyridine rings is 1. The summed E-state index contributed by atoms with van der Waals surface area (Å²) < 4.78 is 5.00. The van der Waals surface area contributed by atoms with Gasteiger partial charge in [0.1, 0.15) is 0 Å². The highest BCUT2D eigenvalue weighted by Crippen LogP contribution is 2.46. The van der Waals surface area contributed by atoms with Crippen LogP contribution in [0.25, 0.3) is 102 Å². The number of anilines is 3. The molecule has 0 aliphatic carbocycles. The molecule has 3 aromatic heterocycles. The summed E-state index contributed by atoms with van der Waals surface area (Å²) in [5, 5.41) is 14.0. The zero-order valence-electron chi connectivity index (χ0n) is 33.1. The van der Waals surface area contributed by atoms with Crippen molar-refractivity contribution in [3.63, 3.8) is 0 Å². The first kappa shape index (κ1) is 34.2. The molecule has 3 heteroatoms. The van der Waals surface area contributed by atoms with E-state index in [0.29, 0.717) is 0 Å². The topological polar surface area (TPSA) is 7.65 Å². The van der Waals surface area contributed by atoms with Crippen molar-refractivity contribution in [3.8, 4) is 22.3 Å². The molecular weight excluding hydrogens is 757 g/mol. The van der Waals surface area contributed by atoms with E-state index < -0.39 is 0 Å². The molecule has 0 fully saturated rings. The van der Waals surface area contributed by atoms with Gasteiger partial charge in [0.15, 0.2) is 0 Å². The molecule has 0 unspecified atom stereocenters. The van der Waals surface area contributed by atoms with Crippen molar-refractivity contribution in [2.24, 2.45) is 0 Å². The van der Waals surface area contributed by atoms with Gasteiger partial charge in [0.2, 0.25) is 0 Å². The number of thiophene rings is 1. The number of rotatable bonds is 5. The molecule has 0 saturated heterocycles. The third-order valence-corrected chi connectivity index (χ3v) is 13.9. The number of nitrogens with zero attached hydrogens (tertiary/aromatic N) is 2. The fourth-order valence-corrected chi connectivity index (χ4v) is 11.1. The third-order valence-electron chi connectivity index (χ3n) is 12.7. The molecule has 0 amide bonds. The van der Waals surface area contributed by atoms with Crippen molar-refractivity contribution in [3.05, 3.63) is 219 Å². The van der Waals surface area contributed by atoms with Crippen molar-refractivity contribution in [1.29, 1.82) is 0 Å². The standard InChI is InChI=1S/C58H36N2S/c1-2-13-39(14-3-1)56-53-19-10-11-33-59(53)58-50-18-7-6-16-47(50)48-30-25-40(35-52(48)57(56)58)37-23-26-42(27-24-37)60(44-29-32-55-51(36-44)49-17-8-9-20-54(49)61-55)43-28-31-46-41(34-43)22-21-38-12-4-5-15-45(38)46/h1-36H. The number of benzene rings is 10. The Morgan fingerprint density at radius 3 is 1.85 bits per heavy atom. The van der Waals surface area contributed by atoms with Crippen LogP contribution >= 0.6 is 11.3 Å². The van der Waals surface area contributed by atoms with E-state index in [2.05, 4.69) is 228 Å². The van der Waals surface area contributed by atoms with Gasteiger partial charge in [0.05, 0.1) is 11.0 Å². The van der Waals surface area contributed by atoms with Crippen LogP contribution in [0.3, 0.4) is 0 Å². The minimum Gasteiger partial charge on any atom is -0.315 e. The second-order valence-corrected chi connectivity index (χ2v) is 17.2. The van der Waals surface area contributed by atoms with Gasteiger partial charge in [-0.05, 0) is 121 Å². The lowest BCUT2D eigenvalue weighted by molar-refractivity contribution is 1.26. The maximum absolute atomic E-state index is 2.42. The van der Waals surface area contributed by atoms with Gasteiger partial charge in [-0.1, -0.05) is 146 Å². The van der Waals surface area contributed by atoms with Crippen LogP contribution in [0.5, 0.6) is 0 Å². The summed E-state index contributed by atoms with van der Waals surface area (Å²) in [7, 11) is 0. The van der Waals surface area contributed by atoms with E-state index in [1.807, 2.05) is 11.3 Å². The average Bonchev–Trinajstić information content (AvgIpc) is 3.88. The quantitative estimate of drug-likeness (QED) is 0.158. The maximum Gasteiger partial charge on any atom is 0.0620 e. The van der Waals surface area contributed by atoms with Gasteiger partial charge in [0.25, 0.3) is 0 Å². The summed E-state index contributed by atoms with van der Waals surface area (Å²) in [6.07, 6.45) is 2.22. The highest BCUT2D eigenvalue weighted by atomic mass is 32.1. The molecule has 0 bridgehead atoms. The molecule has 0 N–H and O–H groups in total. The van der Waals surface area contributed by atoms with Crippen molar-refractivity contribution < 1.29 is 0 Å². The summed E-state index contributed by atoms with van der Waals surface area (Å²) in [6, 6.07) is 78.3. The Bertz CT molecular complexity index is 3880. The molecule has 61 heavy (non-hydrogen) atoms. The lowest BCUT2D eigenvalue weighted by atomic mass is 9.91. The van der Waals surface area contributed by atoms with Gasteiger partial charge in [-0.3, -0.25) is 0 Å². The van der Waals surface area contributed by atoms with E-state index in [-0.39, 0.29) is 0 Å². The average molecular weight is 793 g/mol. The SMILES string of the molecule is c1ccc(-c2c3c4cc(-c5ccc(N(c6ccc7c(ccc8ccccc87)c6)c6ccc7sc8ccccc8c7c6)cc5)ccc4c4ccccc4c3n3ccccc23)cc1. The third kappa shape index (κ3) is 5.28. The predicted octanol–water partition coefficient (Wildman–Crippen LogP) is 16.9. The maximum atomic E-state index is 2.42. The van der Waals surface area contributed by atoms with E-state index in [9.17, 15) is 0 Å². The monoisotopic (exact) mass is 792 g/mol. The largest absolute Gasteiger partial charge is 0.315 e. The summed E-state index contributed by atoms with van der Waals surface area (Å²) >= 11 is 1.86. The zero-order chi connectivity index (χ0) is 40.0. The molecule has 0 radical (unpaired) electrons. The van der Waals surface area contributed by atoms with E-state index in [4.69, 9.17) is 0 Å². The van der Waals surface area contributed by atoms with E-state index >= 15 is 0 Å². The number of aromatic nitrogens is 1.